The van der Waals surface area contributed by atoms with Crippen molar-refractivity contribution in [3.8, 4) is 11.8 Å². The molecular weight excluding hydrogens is 489 g/mol. The Labute approximate surface area is 192 Å². The van der Waals surface area contributed by atoms with Gasteiger partial charge in [0.05, 0.1) is 27.3 Å². The van der Waals surface area contributed by atoms with Gasteiger partial charge in [0.2, 0.25) is 0 Å². The van der Waals surface area contributed by atoms with Gasteiger partial charge >= 0.3 is 5.97 Å². The second-order valence-electron chi connectivity index (χ2n) is 6.28. The van der Waals surface area contributed by atoms with Crippen LogP contribution in [0.1, 0.15) is 27.0 Å². The number of nitrogens with zero attached hydrogens (tertiary/aromatic N) is 1. The molecule has 0 bridgehead atoms. The van der Waals surface area contributed by atoms with Crippen molar-refractivity contribution in [1.29, 1.82) is 5.26 Å². The van der Waals surface area contributed by atoms with E-state index in [0.29, 0.717) is 39.1 Å². The normalized spacial score (nSPS) is 11.1. The summed E-state index contributed by atoms with van der Waals surface area (Å²) in [5, 5.41) is 19.2. The molecule has 0 spiro atoms. The number of rotatable bonds is 6. The van der Waals surface area contributed by atoms with Crippen LogP contribution in [-0.2, 0) is 6.61 Å². The lowest BCUT2D eigenvalue weighted by atomic mass is 10.0. The van der Waals surface area contributed by atoms with Crippen molar-refractivity contribution in [1.82, 2.24) is 0 Å². The van der Waals surface area contributed by atoms with E-state index in [1.54, 1.807) is 30.3 Å². The number of ether oxygens (including phenoxy) is 1. The average molecular weight is 503 g/mol. The molecule has 3 rings (SSSR count). The highest BCUT2D eigenvalue weighted by Gasteiger charge is 2.11. The molecule has 0 unspecified atom stereocenters. The maximum Gasteiger partial charge on any atom is 0.335 e. The lowest BCUT2D eigenvalue weighted by Gasteiger charge is -2.11. The molecule has 0 atom stereocenters. The Morgan fingerprint density at radius 1 is 1.03 bits per heavy atom. The third-order valence-corrected chi connectivity index (χ3v) is 5.28. The fourth-order valence-corrected chi connectivity index (χ4v) is 3.55. The molecule has 0 saturated heterocycles. The number of allylic oxidation sites excluding steroid dienone is 1. The maximum absolute atomic E-state index is 11.0. The Hall–Kier alpha value is -2.78. The Bertz CT molecular complexity index is 1130. The van der Waals surface area contributed by atoms with Crippen molar-refractivity contribution in [2.45, 2.75) is 6.61 Å². The van der Waals surface area contributed by atoms with Crippen molar-refractivity contribution in [3.05, 3.63) is 97.4 Å². The second kappa shape index (κ2) is 9.82. The van der Waals surface area contributed by atoms with Gasteiger partial charge in [-0.2, -0.15) is 5.26 Å². The predicted molar refractivity (Wildman–Crippen MR) is 122 cm³/mol. The summed E-state index contributed by atoms with van der Waals surface area (Å²) < 4.78 is 6.76. The Morgan fingerprint density at radius 2 is 1.60 bits per heavy atom. The maximum atomic E-state index is 11.0. The minimum Gasteiger partial charge on any atom is -0.486 e. The highest BCUT2D eigenvalue weighted by atomic mass is 79.9. The molecule has 0 aromatic heterocycles. The van der Waals surface area contributed by atoms with E-state index in [1.807, 2.05) is 24.3 Å². The average Bonchev–Trinajstić information content (AvgIpc) is 2.73. The van der Waals surface area contributed by atoms with Crippen LogP contribution in [0.4, 0.5) is 0 Å². The Kier molecular flexibility index (Phi) is 7.17. The van der Waals surface area contributed by atoms with Crippen molar-refractivity contribution in [2.75, 3.05) is 0 Å². The summed E-state index contributed by atoms with van der Waals surface area (Å²) in [6.45, 7) is 0.307. The summed E-state index contributed by atoms with van der Waals surface area (Å²) in [5.41, 5.74) is 2.67. The molecular formula is C23H14BrCl2NO3. The van der Waals surface area contributed by atoms with Crippen LogP contribution in [0.2, 0.25) is 10.0 Å². The zero-order valence-corrected chi connectivity index (χ0v) is 18.5. The molecule has 0 heterocycles. The van der Waals surface area contributed by atoms with Gasteiger partial charge in [0.1, 0.15) is 6.61 Å². The summed E-state index contributed by atoms with van der Waals surface area (Å²) in [6, 6.07) is 19.2. The number of carboxylic acids is 1. The van der Waals surface area contributed by atoms with Gasteiger partial charge in [0.15, 0.2) is 5.75 Å². The molecule has 0 fully saturated rings. The molecule has 3 aromatic carbocycles. The van der Waals surface area contributed by atoms with Crippen LogP contribution in [0.3, 0.4) is 0 Å². The number of nitriles is 1. The van der Waals surface area contributed by atoms with Gasteiger partial charge in [-0.25, -0.2) is 4.79 Å². The standard InChI is InChI=1S/C23H14BrCl2NO3/c24-19-7-1-14(2-8-19)13-30-22-20(25)10-15(11-21(22)26)9-18(12-27)16-3-5-17(6-4-16)23(28)29/h1-11H,13H2,(H,28,29)/b18-9-. The molecule has 7 heteroatoms. The van der Waals surface area contributed by atoms with Crippen LogP contribution < -0.4 is 4.74 Å². The molecule has 4 nitrogen and oxygen atoms in total. The largest absolute Gasteiger partial charge is 0.486 e. The van der Waals surface area contributed by atoms with E-state index in [1.165, 1.54) is 12.1 Å². The highest BCUT2D eigenvalue weighted by Crippen LogP contribution is 2.36. The lowest BCUT2D eigenvalue weighted by molar-refractivity contribution is 0.0697. The summed E-state index contributed by atoms with van der Waals surface area (Å²) in [5.74, 6) is -0.663. The number of benzene rings is 3. The van der Waals surface area contributed by atoms with Gasteiger partial charge in [-0.05, 0) is 59.2 Å². The molecule has 3 aromatic rings. The van der Waals surface area contributed by atoms with Crippen LogP contribution in [0.25, 0.3) is 11.6 Å². The number of aromatic carboxylic acids is 1. The predicted octanol–water partition coefficient (Wildman–Crippen LogP) is 7.10. The molecule has 0 aliphatic rings. The first kappa shape index (κ1) is 21.9. The molecule has 0 aliphatic carbocycles. The summed E-state index contributed by atoms with van der Waals surface area (Å²) in [4.78, 5) is 11.0. The highest BCUT2D eigenvalue weighted by molar-refractivity contribution is 9.10. The topological polar surface area (TPSA) is 70.3 Å². The van der Waals surface area contributed by atoms with E-state index >= 15 is 0 Å². The monoisotopic (exact) mass is 501 g/mol. The second-order valence-corrected chi connectivity index (χ2v) is 8.01. The smallest absolute Gasteiger partial charge is 0.335 e. The molecule has 0 radical (unpaired) electrons. The van der Waals surface area contributed by atoms with Crippen LogP contribution in [0, 0.1) is 11.3 Å². The number of carbonyl (C=O) groups is 1. The number of halogens is 3. The van der Waals surface area contributed by atoms with Crippen LogP contribution in [-0.4, -0.2) is 11.1 Å². The van der Waals surface area contributed by atoms with E-state index in [4.69, 9.17) is 33.0 Å². The quantitative estimate of drug-likeness (QED) is 0.288. The Morgan fingerprint density at radius 3 is 2.13 bits per heavy atom. The summed E-state index contributed by atoms with van der Waals surface area (Å²) in [6.07, 6.45) is 1.63. The zero-order valence-electron chi connectivity index (χ0n) is 15.4. The van der Waals surface area contributed by atoms with Gasteiger partial charge in [-0.15, -0.1) is 0 Å². The number of carboxylic acid groups (broad SMARTS) is 1. The van der Waals surface area contributed by atoms with Gasteiger partial charge in [0, 0.05) is 4.47 Å². The SMILES string of the molecule is N#C/C(=C/c1cc(Cl)c(OCc2ccc(Br)cc2)c(Cl)c1)c1ccc(C(=O)O)cc1. The first-order chi connectivity index (χ1) is 14.4. The minimum atomic E-state index is -1.03. The van der Waals surface area contributed by atoms with Gasteiger partial charge in [-0.1, -0.05) is 63.4 Å². The molecule has 0 amide bonds. The van der Waals surface area contributed by atoms with E-state index < -0.39 is 5.97 Å². The third-order valence-electron chi connectivity index (χ3n) is 4.19. The van der Waals surface area contributed by atoms with Crippen molar-refractivity contribution >= 4 is 56.8 Å². The lowest BCUT2D eigenvalue weighted by Crippen LogP contribution is -1.97. The van der Waals surface area contributed by atoms with E-state index in [9.17, 15) is 10.1 Å². The van der Waals surface area contributed by atoms with Crippen LogP contribution in [0.5, 0.6) is 5.75 Å². The molecule has 0 saturated carbocycles. The fraction of sp³-hybridized carbons (Fsp3) is 0.0435. The first-order valence-corrected chi connectivity index (χ1v) is 10.2. The van der Waals surface area contributed by atoms with Crippen molar-refractivity contribution in [2.24, 2.45) is 0 Å². The van der Waals surface area contributed by atoms with Crippen LogP contribution in [0.15, 0.2) is 65.1 Å². The summed E-state index contributed by atoms with van der Waals surface area (Å²) >= 11 is 16.1. The van der Waals surface area contributed by atoms with Crippen molar-refractivity contribution in [3.63, 3.8) is 0 Å². The van der Waals surface area contributed by atoms with Gasteiger partial charge in [-0.3, -0.25) is 0 Å². The zero-order chi connectivity index (χ0) is 21.7. The molecule has 150 valence electrons. The van der Waals surface area contributed by atoms with Gasteiger partial charge in [0.25, 0.3) is 0 Å². The Balaban J connectivity index is 1.83. The third kappa shape index (κ3) is 5.43. The van der Waals surface area contributed by atoms with E-state index in [-0.39, 0.29) is 5.56 Å². The number of hydrogen-bond acceptors (Lipinski definition) is 3. The first-order valence-electron chi connectivity index (χ1n) is 8.69. The number of hydrogen-bond donors (Lipinski definition) is 1. The fourth-order valence-electron chi connectivity index (χ4n) is 2.68. The van der Waals surface area contributed by atoms with Crippen molar-refractivity contribution < 1.29 is 14.6 Å². The molecule has 30 heavy (non-hydrogen) atoms. The minimum absolute atomic E-state index is 0.148. The van der Waals surface area contributed by atoms with Gasteiger partial charge < -0.3 is 9.84 Å². The molecule has 0 aliphatic heterocycles. The molecule has 1 N–H and O–H groups in total. The van der Waals surface area contributed by atoms with E-state index in [2.05, 4.69) is 22.0 Å². The summed E-state index contributed by atoms with van der Waals surface area (Å²) in [7, 11) is 0. The van der Waals surface area contributed by atoms with E-state index in [0.717, 1.165) is 10.0 Å². The van der Waals surface area contributed by atoms with Crippen LogP contribution >= 0.6 is 39.1 Å².